The highest BCUT2D eigenvalue weighted by Crippen LogP contribution is 2.24. The molecule has 1 rings (SSSR count). The summed E-state index contributed by atoms with van der Waals surface area (Å²) < 4.78 is 4.03. The quantitative estimate of drug-likeness (QED) is 0.601. The van der Waals surface area contributed by atoms with E-state index in [4.69, 9.17) is 0 Å². The Hall–Kier alpha value is -0.480. The number of unbranched alkanes of at least 4 members (excludes halogenated alkanes) is 7. The molecule has 0 aromatic carbocycles. The van der Waals surface area contributed by atoms with E-state index in [2.05, 4.69) is 28.8 Å². The highest BCUT2D eigenvalue weighted by Gasteiger charge is 2.14. The molecule has 0 aliphatic carbocycles. The molecule has 0 aliphatic rings. The van der Waals surface area contributed by atoms with Crippen molar-refractivity contribution in [3.05, 3.63) is 10.6 Å². The average Bonchev–Trinajstić information content (AvgIpc) is 2.83. The molecule has 1 heterocycles. The van der Waals surface area contributed by atoms with E-state index in [9.17, 15) is 0 Å². The highest BCUT2D eigenvalue weighted by molar-refractivity contribution is 7.05. The molecule has 19 heavy (non-hydrogen) atoms. The summed E-state index contributed by atoms with van der Waals surface area (Å²) in [6.45, 7) is 4.32. The fraction of sp³-hybridized carbons (Fsp3) is 0.867. The predicted molar refractivity (Wildman–Crippen MR) is 83.7 cm³/mol. The molecule has 1 N–H and O–H groups in total. The number of nitrogens with one attached hydrogen (secondary N) is 1. The fourth-order valence-corrected chi connectivity index (χ4v) is 3.23. The van der Waals surface area contributed by atoms with Gasteiger partial charge in [0.05, 0.1) is 10.6 Å². The van der Waals surface area contributed by atoms with Crippen LogP contribution in [-0.4, -0.2) is 16.6 Å². The van der Waals surface area contributed by atoms with Gasteiger partial charge in [-0.3, -0.25) is 0 Å². The van der Waals surface area contributed by atoms with Gasteiger partial charge in [-0.25, -0.2) is 0 Å². The van der Waals surface area contributed by atoms with Crippen LogP contribution in [-0.2, 0) is 0 Å². The van der Waals surface area contributed by atoms with Crippen molar-refractivity contribution in [3.8, 4) is 0 Å². The Kier molecular flexibility index (Phi) is 9.01. The molecule has 0 bridgehead atoms. The lowest BCUT2D eigenvalue weighted by Crippen LogP contribution is -2.16. The minimum Gasteiger partial charge on any atom is -0.312 e. The first-order valence-corrected chi connectivity index (χ1v) is 8.53. The van der Waals surface area contributed by atoms with Gasteiger partial charge in [0.1, 0.15) is 0 Å². The summed E-state index contributed by atoms with van der Waals surface area (Å²) in [7, 11) is 2.04. The van der Waals surface area contributed by atoms with Gasteiger partial charge in [0.2, 0.25) is 0 Å². The number of hydrogen-bond acceptors (Lipinski definition) is 4. The van der Waals surface area contributed by atoms with Crippen LogP contribution in [0.5, 0.6) is 0 Å². The monoisotopic (exact) mass is 283 g/mol. The summed E-state index contributed by atoms with van der Waals surface area (Å²) in [6, 6.07) is 0.445. The first kappa shape index (κ1) is 16.6. The Balaban J connectivity index is 2.09. The zero-order chi connectivity index (χ0) is 13.9. The van der Waals surface area contributed by atoms with Crippen molar-refractivity contribution in [2.24, 2.45) is 0 Å². The molecule has 0 amide bonds. The molecule has 1 unspecified atom stereocenters. The van der Waals surface area contributed by atoms with Gasteiger partial charge in [-0.1, -0.05) is 62.8 Å². The Labute approximate surface area is 122 Å². The van der Waals surface area contributed by atoms with Crippen LogP contribution in [0.3, 0.4) is 0 Å². The molecular formula is C15H29N3S. The van der Waals surface area contributed by atoms with Gasteiger partial charge < -0.3 is 5.32 Å². The van der Waals surface area contributed by atoms with Crippen LogP contribution in [0.25, 0.3) is 0 Å². The lowest BCUT2D eigenvalue weighted by Gasteiger charge is -2.14. The van der Waals surface area contributed by atoms with E-state index in [1.165, 1.54) is 74.2 Å². The molecule has 1 atom stereocenters. The summed E-state index contributed by atoms with van der Waals surface area (Å²) in [5, 5.41) is 7.49. The van der Waals surface area contributed by atoms with Crippen molar-refractivity contribution in [2.75, 3.05) is 7.05 Å². The van der Waals surface area contributed by atoms with E-state index in [1.54, 1.807) is 0 Å². The molecule has 0 saturated carbocycles. The molecule has 110 valence electrons. The van der Waals surface area contributed by atoms with Crippen molar-refractivity contribution in [1.29, 1.82) is 0 Å². The van der Waals surface area contributed by atoms with Crippen LogP contribution >= 0.6 is 11.5 Å². The molecule has 0 radical (unpaired) electrons. The minimum absolute atomic E-state index is 0.445. The highest BCUT2D eigenvalue weighted by atomic mass is 32.1. The molecular weight excluding hydrogens is 254 g/mol. The minimum atomic E-state index is 0.445. The molecule has 3 nitrogen and oxygen atoms in total. The van der Waals surface area contributed by atoms with Crippen molar-refractivity contribution in [2.45, 2.75) is 77.7 Å². The molecule has 0 spiro atoms. The van der Waals surface area contributed by atoms with Crippen LogP contribution in [0.1, 0.15) is 81.3 Å². The Morgan fingerprint density at radius 3 is 2.21 bits per heavy atom. The number of nitrogens with zero attached hydrogens (tertiary/aromatic N) is 2. The smallest absolute Gasteiger partial charge is 0.0772 e. The van der Waals surface area contributed by atoms with Crippen LogP contribution in [0.15, 0.2) is 0 Å². The predicted octanol–water partition coefficient (Wildman–Crippen LogP) is 4.64. The first-order chi connectivity index (χ1) is 9.29. The largest absolute Gasteiger partial charge is 0.312 e. The van der Waals surface area contributed by atoms with E-state index in [1.807, 2.05) is 7.05 Å². The average molecular weight is 283 g/mol. The fourth-order valence-electron chi connectivity index (χ4n) is 2.45. The summed E-state index contributed by atoms with van der Waals surface area (Å²) >= 11 is 1.54. The lowest BCUT2D eigenvalue weighted by atomic mass is 10.0. The molecule has 1 aromatic rings. The number of aromatic nitrogens is 2. The van der Waals surface area contributed by atoms with Gasteiger partial charge in [0.15, 0.2) is 0 Å². The molecule has 0 fully saturated rings. The molecule has 4 heteroatoms. The summed E-state index contributed by atoms with van der Waals surface area (Å²) in [5.74, 6) is 0. The third-order valence-electron chi connectivity index (χ3n) is 3.70. The van der Waals surface area contributed by atoms with E-state index in [0.29, 0.717) is 6.04 Å². The molecule has 1 aromatic heterocycles. The zero-order valence-corrected chi connectivity index (χ0v) is 13.6. The normalized spacial score (nSPS) is 12.8. The lowest BCUT2D eigenvalue weighted by molar-refractivity contribution is 0.497. The number of rotatable bonds is 11. The first-order valence-electron chi connectivity index (χ1n) is 7.75. The van der Waals surface area contributed by atoms with Crippen molar-refractivity contribution in [1.82, 2.24) is 14.9 Å². The van der Waals surface area contributed by atoms with Crippen LogP contribution in [0.2, 0.25) is 0 Å². The SMILES string of the molecule is CCCCCCCCCCC(NC)c1snnc1C. The summed E-state index contributed by atoms with van der Waals surface area (Å²) in [6.07, 6.45) is 12.2. The second kappa shape index (κ2) is 10.3. The van der Waals surface area contributed by atoms with E-state index in [-0.39, 0.29) is 0 Å². The number of hydrogen-bond donors (Lipinski definition) is 1. The molecule has 0 saturated heterocycles. The Bertz CT molecular complexity index is 325. The van der Waals surface area contributed by atoms with Crippen molar-refractivity contribution < 1.29 is 0 Å². The maximum atomic E-state index is 4.10. The molecule has 0 aliphatic heterocycles. The van der Waals surface area contributed by atoms with Crippen molar-refractivity contribution >= 4 is 11.5 Å². The second-order valence-electron chi connectivity index (χ2n) is 5.33. The Morgan fingerprint density at radius 2 is 1.68 bits per heavy atom. The zero-order valence-electron chi connectivity index (χ0n) is 12.7. The van der Waals surface area contributed by atoms with Gasteiger partial charge in [-0.05, 0) is 31.9 Å². The van der Waals surface area contributed by atoms with E-state index < -0.39 is 0 Å². The summed E-state index contributed by atoms with van der Waals surface area (Å²) in [4.78, 5) is 1.31. The van der Waals surface area contributed by atoms with Gasteiger partial charge >= 0.3 is 0 Å². The van der Waals surface area contributed by atoms with Crippen LogP contribution in [0, 0.1) is 6.92 Å². The van der Waals surface area contributed by atoms with E-state index in [0.717, 1.165) is 5.69 Å². The van der Waals surface area contributed by atoms with Crippen LogP contribution in [0.4, 0.5) is 0 Å². The van der Waals surface area contributed by atoms with Gasteiger partial charge in [-0.2, -0.15) is 0 Å². The third kappa shape index (κ3) is 6.48. The number of aryl methyl sites for hydroxylation is 1. The van der Waals surface area contributed by atoms with E-state index >= 15 is 0 Å². The Morgan fingerprint density at radius 1 is 1.05 bits per heavy atom. The third-order valence-corrected chi connectivity index (χ3v) is 4.64. The van der Waals surface area contributed by atoms with Gasteiger partial charge in [0.25, 0.3) is 0 Å². The van der Waals surface area contributed by atoms with Crippen molar-refractivity contribution in [3.63, 3.8) is 0 Å². The maximum absolute atomic E-state index is 4.10. The van der Waals surface area contributed by atoms with Gasteiger partial charge in [-0.15, -0.1) is 5.10 Å². The second-order valence-corrected chi connectivity index (χ2v) is 6.11. The van der Waals surface area contributed by atoms with Gasteiger partial charge in [0, 0.05) is 6.04 Å². The maximum Gasteiger partial charge on any atom is 0.0772 e. The standard InChI is InChI=1S/C15H29N3S/c1-4-5-6-7-8-9-10-11-12-14(16-3)15-13(2)17-18-19-15/h14,16H,4-12H2,1-3H3. The van der Waals surface area contributed by atoms with Crippen LogP contribution < -0.4 is 5.32 Å². The topological polar surface area (TPSA) is 37.8 Å². The summed E-state index contributed by atoms with van der Waals surface area (Å²) in [5.41, 5.74) is 1.09.